The molecular formula is C32H35N5O2S. The van der Waals surface area contributed by atoms with Crippen molar-refractivity contribution in [3.63, 3.8) is 0 Å². The predicted octanol–water partition coefficient (Wildman–Crippen LogP) is 6.66. The lowest BCUT2D eigenvalue weighted by Crippen LogP contribution is -2.30. The highest BCUT2D eigenvalue weighted by Crippen LogP contribution is 2.45. The smallest absolute Gasteiger partial charge is 0.229 e. The molecule has 1 aliphatic heterocycles. The summed E-state index contributed by atoms with van der Waals surface area (Å²) in [5.74, 6) is 0.478. The predicted molar refractivity (Wildman–Crippen MR) is 164 cm³/mol. The standard InChI is InChI=1S/C32H35N5O2S/c1-20-18-24(21(2)36(20)22-12-8-7-9-13-22)29-28(26-14-10-11-17-33-26)35-31(40)37(29)23-15-16-25(27(19-23)39-6)34-30(38)32(3,4)5/h7-19,28-29H,1-6H3,(H,34,38)(H,35,40)/t28-,29+/m1/s1. The van der Waals surface area contributed by atoms with Crippen LogP contribution in [0.15, 0.2) is 79.0 Å². The maximum atomic E-state index is 12.7. The third-order valence-electron chi connectivity index (χ3n) is 7.29. The van der Waals surface area contributed by atoms with E-state index in [1.54, 1.807) is 7.11 Å². The van der Waals surface area contributed by atoms with Crippen LogP contribution in [-0.2, 0) is 4.79 Å². The number of rotatable bonds is 6. The van der Waals surface area contributed by atoms with E-state index in [2.05, 4.69) is 64.3 Å². The van der Waals surface area contributed by atoms with Crippen molar-refractivity contribution in [3.8, 4) is 11.4 Å². The van der Waals surface area contributed by atoms with Gasteiger partial charge in [0.2, 0.25) is 5.91 Å². The highest BCUT2D eigenvalue weighted by Gasteiger charge is 2.42. The summed E-state index contributed by atoms with van der Waals surface area (Å²) >= 11 is 5.95. The second kappa shape index (κ2) is 10.8. The van der Waals surface area contributed by atoms with Gasteiger partial charge in [-0.3, -0.25) is 9.78 Å². The van der Waals surface area contributed by atoms with Crippen LogP contribution in [-0.4, -0.2) is 27.7 Å². The van der Waals surface area contributed by atoms with Gasteiger partial charge in [-0.25, -0.2) is 0 Å². The fraction of sp³-hybridized carbons (Fsp3) is 0.281. The molecule has 1 saturated heterocycles. The minimum atomic E-state index is -0.535. The van der Waals surface area contributed by atoms with Gasteiger partial charge in [-0.1, -0.05) is 45.0 Å². The van der Waals surface area contributed by atoms with E-state index in [0.29, 0.717) is 16.5 Å². The molecule has 0 unspecified atom stereocenters. The van der Waals surface area contributed by atoms with Crippen LogP contribution in [0.2, 0.25) is 0 Å². The Morgan fingerprint density at radius 2 is 1.73 bits per heavy atom. The van der Waals surface area contributed by atoms with E-state index in [0.717, 1.165) is 34.0 Å². The molecular weight excluding hydrogens is 518 g/mol. The zero-order chi connectivity index (χ0) is 28.6. The lowest BCUT2D eigenvalue weighted by Gasteiger charge is -2.29. The zero-order valence-electron chi connectivity index (χ0n) is 23.7. The molecule has 1 fully saturated rings. The van der Waals surface area contributed by atoms with Crippen LogP contribution in [0.3, 0.4) is 0 Å². The first kappa shape index (κ1) is 27.4. The molecule has 40 heavy (non-hydrogen) atoms. The Hall–Kier alpha value is -4.17. The minimum Gasteiger partial charge on any atom is -0.494 e. The van der Waals surface area contributed by atoms with Crippen LogP contribution < -0.4 is 20.3 Å². The molecule has 4 aromatic rings. The second-order valence-electron chi connectivity index (χ2n) is 11.1. The van der Waals surface area contributed by atoms with Gasteiger partial charge in [0.25, 0.3) is 0 Å². The van der Waals surface area contributed by atoms with Gasteiger partial charge in [-0.15, -0.1) is 0 Å². The molecule has 2 atom stereocenters. The van der Waals surface area contributed by atoms with Crippen molar-refractivity contribution in [1.29, 1.82) is 0 Å². The monoisotopic (exact) mass is 553 g/mol. The summed E-state index contributed by atoms with van der Waals surface area (Å²) in [6.45, 7) is 9.92. The van der Waals surface area contributed by atoms with E-state index in [4.69, 9.17) is 21.9 Å². The summed E-state index contributed by atoms with van der Waals surface area (Å²) in [5.41, 5.74) is 6.36. The molecule has 0 spiro atoms. The lowest BCUT2D eigenvalue weighted by atomic mass is 9.95. The van der Waals surface area contributed by atoms with Crippen molar-refractivity contribution < 1.29 is 9.53 Å². The number of thiocarbonyl (C=S) groups is 1. The molecule has 3 heterocycles. The molecule has 1 aliphatic rings. The third kappa shape index (κ3) is 5.07. The van der Waals surface area contributed by atoms with Gasteiger partial charge in [0.05, 0.1) is 30.6 Å². The molecule has 0 bridgehead atoms. The highest BCUT2D eigenvalue weighted by molar-refractivity contribution is 7.80. The van der Waals surface area contributed by atoms with Crippen LogP contribution in [0.5, 0.6) is 5.75 Å². The molecule has 2 aromatic heterocycles. The summed E-state index contributed by atoms with van der Waals surface area (Å²) in [5, 5.41) is 7.14. The number of aryl methyl sites for hydroxylation is 1. The van der Waals surface area contributed by atoms with E-state index in [9.17, 15) is 4.79 Å². The Balaban J connectivity index is 1.62. The van der Waals surface area contributed by atoms with Crippen molar-refractivity contribution in [3.05, 3.63) is 102 Å². The molecule has 2 aromatic carbocycles. The van der Waals surface area contributed by atoms with Gasteiger partial charge in [-0.05, 0) is 74.1 Å². The van der Waals surface area contributed by atoms with E-state index >= 15 is 0 Å². The van der Waals surface area contributed by atoms with Crippen LogP contribution in [0.25, 0.3) is 5.69 Å². The Morgan fingerprint density at radius 1 is 1.00 bits per heavy atom. The molecule has 5 rings (SSSR count). The van der Waals surface area contributed by atoms with E-state index < -0.39 is 5.41 Å². The number of nitrogens with one attached hydrogen (secondary N) is 2. The minimum absolute atomic E-state index is 0.0849. The fourth-order valence-corrected chi connectivity index (χ4v) is 5.60. The normalized spacial score (nSPS) is 17.1. The van der Waals surface area contributed by atoms with Crippen LogP contribution >= 0.6 is 12.2 Å². The molecule has 0 saturated carbocycles. The van der Waals surface area contributed by atoms with Gasteiger partial charge in [0.15, 0.2) is 5.11 Å². The molecule has 0 aliphatic carbocycles. The number of benzene rings is 2. The number of ether oxygens (including phenoxy) is 1. The van der Waals surface area contributed by atoms with Gasteiger partial charge < -0.3 is 24.8 Å². The topological polar surface area (TPSA) is 71.4 Å². The number of carbonyl (C=O) groups excluding carboxylic acids is 1. The van der Waals surface area contributed by atoms with Gasteiger partial charge in [0.1, 0.15) is 5.75 Å². The van der Waals surface area contributed by atoms with Crippen LogP contribution in [0.4, 0.5) is 11.4 Å². The first-order chi connectivity index (χ1) is 19.1. The van der Waals surface area contributed by atoms with Gasteiger partial charge >= 0.3 is 0 Å². The number of para-hydroxylation sites is 1. The van der Waals surface area contributed by atoms with Gasteiger partial charge in [-0.2, -0.15) is 0 Å². The first-order valence-corrected chi connectivity index (χ1v) is 13.8. The average Bonchev–Trinajstić information content (AvgIpc) is 3.44. The molecule has 1 amide bonds. The maximum Gasteiger partial charge on any atom is 0.229 e. The van der Waals surface area contributed by atoms with Crippen molar-refractivity contribution in [2.75, 3.05) is 17.3 Å². The number of hydrogen-bond donors (Lipinski definition) is 2. The number of anilines is 2. The number of methoxy groups -OCH3 is 1. The van der Waals surface area contributed by atoms with Crippen LogP contribution in [0, 0.1) is 19.3 Å². The zero-order valence-corrected chi connectivity index (χ0v) is 24.5. The summed E-state index contributed by atoms with van der Waals surface area (Å²) in [6, 6.07) is 24.0. The molecule has 7 nitrogen and oxygen atoms in total. The van der Waals surface area contributed by atoms with E-state index in [1.807, 2.05) is 69.4 Å². The number of pyridine rings is 1. The Morgan fingerprint density at radius 3 is 2.38 bits per heavy atom. The lowest BCUT2D eigenvalue weighted by molar-refractivity contribution is -0.123. The van der Waals surface area contributed by atoms with Crippen molar-refractivity contribution in [2.24, 2.45) is 5.41 Å². The Labute approximate surface area is 241 Å². The second-order valence-corrected chi connectivity index (χ2v) is 11.5. The summed E-state index contributed by atoms with van der Waals surface area (Å²) in [6.07, 6.45) is 1.81. The van der Waals surface area contributed by atoms with Crippen molar-refractivity contribution >= 4 is 34.6 Å². The van der Waals surface area contributed by atoms with Gasteiger partial charge in [0, 0.05) is 40.4 Å². The average molecular weight is 554 g/mol. The summed E-state index contributed by atoms with van der Waals surface area (Å²) < 4.78 is 8.00. The van der Waals surface area contributed by atoms with E-state index in [1.165, 1.54) is 0 Å². The number of amides is 1. The quantitative estimate of drug-likeness (QED) is 0.260. The fourth-order valence-electron chi connectivity index (χ4n) is 5.25. The largest absolute Gasteiger partial charge is 0.494 e. The maximum absolute atomic E-state index is 12.7. The molecule has 8 heteroatoms. The summed E-state index contributed by atoms with van der Waals surface area (Å²) in [4.78, 5) is 19.5. The highest BCUT2D eigenvalue weighted by atomic mass is 32.1. The molecule has 0 radical (unpaired) electrons. The Kier molecular flexibility index (Phi) is 7.38. The summed E-state index contributed by atoms with van der Waals surface area (Å²) in [7, 11) is 1.61. The number of hydrogen-bond acceptors (Lipinski definition) is 4. The number of aromatic nitrogens is 2. The van der Waals surface area contributed by atoms with Crippen molar-refractivity contribution in [2.45, 2.75) is 46.7 Å². The van der Waals surface area contributed by atoms with Crippen LogP contribution in [0.1, 0.15) is 55.5 Å². The van der Waals surface area contributed by atoms with E-state index in [-0.39, 0.29) is 18.0 Å². The SMILES string of the molecule is COc1cc(N2C(=S)N[C@H](c3ccccn3)[C@@H]2c2cc(C)n(-c3ccccc3)c2C)ccc1NC(=O)C(C)(C)C. The number of nitrogens with zero attached hydrogens (tertiary/aromatic N) is 3. The number of carbonyl (C=O) groups is 1. The molecule has 206 valence electrons. The Bertz CT molecular complexity index is 1540. The third-order valence-corrected chi connectivity index (χ3v) is 7.61. The molecule has 2 N–H and O–H groups in total. The van der Waals surface area contributed by atoms with Crippen molar-refractivity contribution in [1.82, 2.24) is 14.9 Å². The first-order valence-electron chi connectivity index (χ1n) is 13.3.